The zero-order valence-electron chi connectivity index (χ0n) is 19.2. The van der Waals surface area contributed by atoms with Crippen molar-refractivity contribution in [2.24, 2.45) is 0 Å². The molecule has 184 valence electrons. The van der Waals surface area contributed by atoms with E-state index in [1.165, 1.54) is 0 Å². The number of hydrogen-bond acceptors (Lipinski definition) is 7. The van der Waals surface area contributed by atoms with Gasteiger partial charge < -0.3 is 18.1 Å². The fourth-order valence-corrected chi connectivity index (χ4v) is 7.56. The molecule has 0 bridgehead atoms. The van der Waals surface area contributed by atoms with Crippen molar-refractivity contribution >= 4 is 38.4 Å². The van der Waals surface area contributed by atoms with E-state index in [2.05, 4.69) is 5.32 Å². The first-order valence-electron chi connectivity index (χ1n) is 10.8. The van der Waals surface area contributed by atoms with Crippen LogP contribution in [0.2, 0.25) is 10.0 Å². The molecule has 0 aliphatic heterocycles. The van der Waals surface area contributed by atoms with E-state index in [9.17, 15) is 9.13 Å². The summed E-state index contributed by atoms with van der Waals surface area (Å²) in [5, 5.41) is 4.27. The van der Waals surface area contributed by atoms with Gasteiger partial charge in [-0.3, -0.25) is 14.4 Å². The highest BCUT2D eigenvalue weighted by Crippen LogP contribution is 2.65. The summed E-state index contributed by atoms with van der Waals surface area (Å²) in [7, 11) is -7.54. The van der Waals surface area contributed by atoms with Crippen LogP contribution in [0.25, 0.3) is 0 Å². The number of nitrogens with one attached hydrogen (secondary N) is 1. The highest BCUT2D eigenvalue weighted by atomic mass is 35.5. The average molecular weight is 538 g/mol. The molecular formula is C22H31Cl2NO6P2. The summed E-state index contributed by atoms with van der Waals surface area (Å²) in [4.78, 5) is 0. The van der Waals surface area contributed by atoms with Gasteiger partial charge in [-0.05, 0) is 63.1 Å². The van der Waals surface area contributed by atoms with Gasteiger partial charge in [0.2, 0.25) is 0 Å². The molecule has 0 saturated carbocycles. The van der Waals surface area contributed by atoms with E-state index in [0.717, 1.165) is 0 Å². The van der Waals surface area contributed by atoms with Crippen molar-refractivity contribution in [1.82, 2.24) is 5.32 Å². The van der Waals surface area contributed by atoms with Crippen LogP contribution in [-0.4, -0.2) is 26.4 Å². The minimum Gasteiger partial charge on any atom is -0.308 e. The molecule has 0 aliphatic carbocycles. The summed E-state index contributed by atoms with van der Waals surface area (Å²) >= 11 is 12.2. The molecule has 2 atom stereocenters. The molecule has 33 heavy (non-hydrogen) atoms. The second kappa shape index (κ2) is 13.4. The Morgan fingerprint density at radius 1 is 0.636 bits per heavy atom. The van der Waals surface area contributed by atoms with Crippen LogP contribution in [-0.2, 0) is 27.2 Å². The monoisotopic (exact) mass is 537 g/mol. The minimum atomic E-state index is -3.77. The third-order valence-corrected chi connectivity index (χ3v) is 9.69. The van der Waals surface area contributed by atoms with Crippen LogP contribution in [0.3, 0.4) is 0 Å². The Balaban J connectivity index is 2.66. The van der Waals surface area contributed by atoms with Crippen LogP contribution < -0.4 is 5.32 Å². The molecule has 0 unspecified atom stereocenters. The Hall–Kier alpha value is -0.720. The minimum absolute atomic E-state index is 0.156. The third kappa shape index (κ3) is 7.63. The molecule has 0 amide bonds. The first-order chi connectivity index (χ1) is 15.7. The molecule has 2 aromatic carbocycles. The van der Waals surface area contributed by atoms with E-state index >= 15 is 0 Å². The number of hydrogen-bond donors (Lipinski definition) is 1. The van der Waals surface area contributed by atoms with Gasteiger partial charge in [0.15, 0.2) is 0 Å². The molecule has 0 radical (unpaired) electrons. The van der Waals surface area contributed by atoms with Crippen LogP contribution in [0.5, 0.6) is 0 Å². The van der Waals surface area contributed by atoms with E-state index < -0.39 is 26.8 Å². The largest absolute Gasteiger partial charge is 0.351 e. The summed E-state index contributed by atoms with van der Waals surface area (Å²) in [5.41, 5.74) is 1.17. The van der Waals surface area contributed by atoms with Crippen LogP contribution in [0.4, 0.5) is 0 Å². The van der Waals surface area contributed by atoms with Gasteiger partial charge in [-0.2, -0.15) is 0 Å². The molecule has 0 saturated heterocycles. The maximum atomic E-state index is 13.9. The summed E-state index contributed by atoms with van der Waals surface area (Å²) in [6.07, 6.45) is 0. The number of rotatable bonds is 14. The van der Waals surface area contributed by atoms with Gasteiger partial charge in [0.05, 0.1) is 26.4 Å². The van der Waals surface area contributed by atoms with Gasteiger partial charge in [0.1, 0.15) is 11.6 Å². The second-order valence-corrected chi connectivity index (χ2v) is 11.9. The average Bonchev–Trinajstić information content (AvgIpc) is 2.77. The van der Waals surface area contributed by atoms with Crippen LogP contribution in [0, 0.1) is 0 Å². The lowest BCUT2D eigenvalue weighted by Crippen LogP contribution is -2.29. The molecule has 0 aliphatic rings. The molecule has 7 nitrogen and oxygen atoms in total. The molecule has 0 spiro atoms. The van der Waals surface area contributed by atoms with E-state index in [4.69, 9.17) is 41.3 Å². The molecule has 11 heteroatoms. The van der Waals surface area contributed by atoms with Crippen molar-refractivity contribution in [2.75, 3.05) is 26.4 Å². The van der Waals surface area contributed by atoms with Gasteiger partial charge >= 0.3 is 15.2 Å². The fourth-order valence-electron chi connectivity index (χ4n) is 3.27. The lowest BCUT2D eigenvalue weighted by atomic mass is 10.2. The van der Waals surface area contributed by atoms with Crippen LogP contribution >= 0.6 is 38.4 Å². The summed E-state index contributed by atoms with van der Waals surface area (Å²) < 4.78 is 50.5. The normalized spacial score (nSPS) is 14.2. The van der Waals surface area contributed by atoms with Crippen molar-refractivity contribution < 1.29 is 27.2 Å². The highest BCUT2D eigenvalue weighted by molar-refractivity contribution is 7.55. The van der Waals surface area contributed by atoms with Crippen molar-refractivity contribution in [3.63, 3.8) is 0 Å². The lowest BCUT2D eigenvalue weighted by molar-refractivity contribution is 0.196. The zero-order chi connectivity index (χ0) is 24.5. The zero-order valence-corrected chi connectivity index (χ0v) is 22.5. The number of benzene rings is 2. The van der Waals surface area contributed by atoms with E-state index in [1.54, 1.807) is 76.2 Å². The fraction of sp³-hybridized carbons (Fsp3) is 0.455. The Morgan fingerprint density at radius 2 is 0.909 bits per heavy atom. The Labute approximate surface area is 206 Å². The predicted molar refractivity (Wildman–Crippen MR) is 133 cm³/mol. The molecule has 1 N–H and O–H groups in total. The van der Waals surface area contributed by atoms with Gasteiger partial charge in [0, 0.05) is 10.0 Å². The standard InChI is InChI=1S/C22H31Cl2NO6P2/c1-5-28-32(26,29-6-2)21(17-9-13-19(23)14-10-17)25-22(18-11-15-20(24)16-12-18)33(27,30-7-3)31-8-4/h9-16,21-22,25H,5-8H2,1-4H3/t21-,22-/m1/s1. The molecule has 0 fully saturated rings. The number of halogens is 2. The Kier molecular flexibility index (Phi) is 11.6. The smallest absolute Gasteiger partial charge is 0.308 e. The van der Waals surface area contributed by atoms with Gasteiger partial charge in [-0.1, -0.05) is 47.5 Å². The highest BCUT2D eigenvalue weighted by Gasteiger charge is 2.44. The second-order valence-electron chi connectivity index (χ2n) is 6.83. The molecule has 2 rings (SSSR count). The quantitative estimate of drug-likeness (QED) is 0.246. The van der Waals surface area contributed by atoms with Gasteiger partial charge in [0.25, 0.3) is 0 Å². The topological polar surface area (TPSA) is 83.1 Å². The summed E-state index contributed by atoms with van der Waals surface area (Å²) in [6.45, 7) is 7.54. The molecular weight excluding hydrogens is 507 g/mol. The van der Waals surface area contributed by atoms with Crippen molar-refractivity contribution in [2.45, 2.75) is 39.3 Å². The predicted octanol–water partition coefficient (Wildman–Crippen LogP) is 7.81. The third-order valence-electron chi connectivity index (χ3n) is 4.56. The summed E-state index contributed by atoms with van der Waals surface area (Å²) in [6, 6.07) is 13.6. The molecule has 0 aromatic heterocycles. The van der Waals surface area contributed by atoms with E-state index in [-0.39, 0.29) is 26.4 Å². The first kappa shape index (κ1) is 28.5. The molecule has 2 aromatic rings. The van der Waals surface area contributed by atoms with Crippen molar-refractivity contribution in [1.29, 1.82) is 0 Å². The summed E-state index contributed by atoms with van der Waals surface area (Å²) in [5.74, 6) is -1.96. The van der Waals surface area contributed by atoms with Crippen LogP contribution in [0.15, 0.2) is 48.5 Å². The van der Waals surface area contributed by atoms with Gasteiger partial charge in [-0.25, -0.2) is 0 Å². The van der Waals surface area contributed by atoms with Crippen molar-refractivity contribution in [3.05, 3.63) is 69.7 Å². The van der Waals surface area contributed by atoms with E-state index in [0.29, 0.717) is 21.2 Å². The Bertz CT molecular complexity index is 861. The van der Waals surface area contributed by atoms with Gasteiger partial charge in [-0.15, -0.1) is 0 Å². The lowest BCUT2D eigenvalue weighted by Gasteiger charge is -2.34. The maximum Gasteiger partial charge on any atom is 0.351 e. The molecule has 0 heterocycles. The Morgan fingerprint density at radius 3 is 1.15 bits per heavy atom. The maximum absolute atomic E-state index is 13.9. The SMILES string of the molecule is CCOP(=O)(OCC)[C@@H](N[C@@H](c1ccc(Cl)cc1)P(=O)(OCC)OCC)c1ccc(Cl)cc1. The van der Waals surface area contributed by atoms with Crippen molar-refractivity contribution in [3.8, 4) is 0 Å². The van der Waals surface area contributed by atoms with Crippen LogP contribution in [0.1, 0.15) is 50.4 Å². The van der Waals surface area contributed by atoms with E-state index in [1.807, 2.05) is 0 Å². The first-order valence-corrected chi connectivity index (χ1v) is 14.7.